The average Bonchev–Trinajstić information content (AvgIpc) is 2.66. The van der Waals surface area contributed by atoms with Crippen molar-refractivity contribution >= 4 is 0 Å². The van der Waals surface area contributed by atoms with Gasteiger partial charge in [0.25, 0.3) is 0 Å². The molecule has 2 unspecified atom stereocenters. The maximum absolute atomic E-state index is 3.82. The molecule has 2 aromatic carbocycles. The van der Waals surface area contributed by atoms with Crippen LogP contribution in [0.3, 0.4) is 0 Å². The van der Waals surface area contributed by atoms with Crippen LogP contribution in [0.25, 0.3) is 0 Å². The highest BCUT2D eigenvalue weighted by Gasteiger charge is 2.24. The Morgan fingerprint density at radius 3 is 2.04 bits per heavy atom. The summed E-state index contributed by atoms with van der Waals surface area (Å²) in [5, 5.41) is 7.63. The quantitative estimate of drug-likeness (QED) is 0.707. The third kappa shape index (κ3) is 5.43. The average molecular weight is 351 g/mol. The van der Waals surface area contributed by atoms with Gasteiger partial charge in [0.2, 0.25) is 0 Å². The second-order valence-corrected chi connectivity index (χ2v) is 8.14. The summed E-state index contributed by atoms with van der Waals surface area (Å²) >= 11 is 0. The fourth-order valence-corrected chi connectivity index (χ4v) is 3.96. The lowest BCUT2D eigenvalue weighted by Crippen LogP contribution is -2.49. The highest BCUT2D eigenvalue weighted by atomic mass is 15.0. The van der Waals surface area contributed by atoms with Gasteiger partial charge in [-0.05, 0) is 42.4 Å². The molecular weight excluding hydrogens is 316 g/mol. The molecule has 0 aliphatic heterocycles. The van der Waals surface area contributed by atoms with Gasteiger partial charge in [0, 0.05) is 25.2 Å². The van der Waals surface area contributed by atoms with E-state index in [2.05, 4.69) is 79.9 Å². The molecule has 140 valence electrons. The first kappa shape index (κ1) is 19.1. The lowest BCUT2D eigenvalue weighted by atomic mass is 9.90. The van der Waals surface area contributed by atoms with Crippen molar-refractivity contribution in [3.8, 4) is 0 Å². The van der Waals surface area contributed by atoms with Gasteiger partial charge in [-0.15, -0.1) is 0 Å². The summed E-state index contributed by atoms with van der Waals surface area (Å²) < 4.78 is 0. The van der Waals surface area contributed by atoms with E-state index in [0.29, 0.717) is 18.0 Å². The third-order valence-corrected chi connectivity index (χ3v) is 5.63. The molecule has 1 aliphatic carbocycles. The molecule has 1 fully saturated rings. The van der Waals surface area contributed by atoms with Crippen LogP contribution in [0.5, 0.6) is 0 Å². The Kier molecular flexibility index (Phi) is 6.87. The fourth-order valence-electron chi connectivity index (χ4n) is 3.96. The predicted molar refractivity (Wildman–Crippen MR) is 111 cm³/mol. The van der Waals surface area contributed by atoms with Crippen LogP contribution in [-0.2, 0) is 13.1 Å². The molecule has 1 aliphatic rings. The molecule has 0 saturated heterocycles. The van der Waals surface area contributed by atoms with Crippen LogP contribution in [0.1, 0.15) is 67.7 Å². The van der Waals surface area contributed by atoms with Crippen molar-refractivity contribution < 1.29 is 0 Å². The summed E-state index contributed by atoms with van der Waals surface area (Å²) in [5.74, 6) is 0.602. The van der Waals surface area contributed by atoms with Crippen LogP contribution in [0.2, 0.25) is 0 Å². The van der Waals surface area contributed by atoms with E-state index in [4.69, 9.17) is 0 Å². The third-order valence-electron chi connectivity index (χ3n) is 5.63. The van der Waals surface area contributed by atoms with E-state index in [-0.39, 0.29) is 0 Å². The standard InChI is InChI=1S/C24H34N2/c1-18(2)22-13-11-20(12-14-22)16-25-23-9-4-5-10-24(23)26-17-21-8-6-7-19(3)15-21/h6-8,11-15,18,23-26H,4-5,9-10,16-17H2,1-3H3. The Balaban J connectivity index is 1.53. The van der Waals surface area contributed by atoms with E-state index in [1.165, 1.54) is 47.9 Å². The number of nitrogens with one attached hydrogen (secondary N) is 2. The normalized spacial score (nSPS) is 20.5. The number of rotatable bonds is 7. The first-order chi connectivity index (χ1) is 12.6. The van der Waals surface area contributed by atoms with E-state index in [9.17, 15) is 0 Å². The van der Waals surface area contributed by atoms with Gasteiger partial charge >= 0.3 is 0 Å². The summed E-state index contributed by atoms with van der Waals surface area (Å²) in [6, 6.07) is 19.1. The van der Waals surface area contributed by atoms with Gasteiger partial charge in [-0.25, -0.2) is 0 Å². The number of aryl methyl sites for hydroxylation is 1. The minimum absolute atomic E-state index is 0.568. The van der Waals surface area contributed by atoms with Gasteiger partial charge in [0.15, 0.2) is 0 Å². The first-order valence-electron chi connectivity index (χ1n) is 10.2. The Hall–Kier alpha value is -1.64. The second kappa shape index (κ2) is 9.34. The molecule has 0 amide bonds. The predicted octanol–water partition coefficient (Wildman–Crippen LogP) is 5.31. The van der Waals surface area contributed by atoms with Crippen LogP contribution < -0.4 is 10.6 Å². The smallest absolute Gasteiger partial charge is 0.0224 e. The van der Waals surface area contributed by atoms with E-state index >= 15 is 0 Å². The SMILES string of the molecule is Cc1cccc(CNC2CCCCC2NCc2ccc(C(C)C)cc2)c1. The van der Waals surface area contributed by atoms with E-state index < -0.39 is 0 Å². The monoisotopic (exact) mass is 350 g/mol. The van der Waals surface area contributed by atoms with Crippen LogP contribution >= 0.6 is 0 Å². The number of hydrogen-bond acceptors (Lipinski definition) is 2. The van der Waals surface area contributed by atoms with Crippen LogP contribution in [0.15, 0.2) is 48.5 Å². The summed E-state index contributed by atoms with van der Waals surface area (Å²) in [4.78, 5) is 0. The highest BCUT2D eigenvalue weighted by Crippen LogP contribution is 2.20. The maximum atomic E-state index is 3.82. The molecule has 2 nitrogen and oxygen atoms in total. The zero-order chi connectivity index (χ0) is 18.4. The van der Waals surface area contributed by atoms with Crippen molar-refractivity contribution in [2.75, 3.05) is 0 Å². The zero-order valence-corrected chi connectivity index (χ0v) is 16.6. The highest BCUT2D eigenvalue weighted by molar-refractivity contribution is 5.25. The van der Waals surface area contributed by atoms with Gasteiger partial charge in [0.05, 0.1) is 0 Å². The molecule has 2 atom stereocenters. The summed E-state index contributed by atoms with van der Waals surface area (Å²) in [5.41, 5.74) is 5.53. The Morgan fingerprint density at radius 1 is 0.846 bits per heavy atom. The van der Waals surface area contributed by atoms with Crippen LogP contribution in [0, 0.1) is 6.92 Å². The zero-order valence-electron chi connectivity index (χ0n) is 16.6. The summed E-state index contributed by atoms with van der Waals surface area (Å²) in [6.45, 7) is 8.60. The molecule has 0 bridgehead atoms. The summed E-state index contributed by atoms with van der Waals surface area (Å²) in [7, 11) is 0. The van der Waals surface area contributed by atoms with Crippen molar-refractivity contribution in [3.05, 3.63) is 70.8 Å². The lowest BCUT2D eigenvalue weighted by Gasteiger charge is -2.33. The molecule has 26 heavy (non-hydrogen) atoms. The van der Waals surface area contributed by atoms with Crippen molar-refractivity contribution in [2.45, 2.75) is 77.5 Å². The van der Waals surface area contributed by atoms with Gasteiger partial charge in [-0.2, -0.15) is 0 Å². The van der Waals surface area contributed by atoms with Crippen molar-refractivity contribution in [3.63, 3.8) is 0 Å². The second-order valence-electron chi connectivity index (χ2n) is 8.14. The molecule has 0 spiro atoms. The first-order valence-corrected chi connectivity index (χ1v) is 10.2. The van der Waals surface area contributed by atoms with Gasteiger partial charge < -0.3 is 10.6 Å². The summed E-state index contributed by atoms with van der Waals surface area (Å²) in [6.07, 6.45) is 5.23. The number of hydrogen-bond donors (Lipinski definition) is 2. The van der Waals surface area contributed by atoms with E-state index in [1.54, 1.807) is 0 Å². The maximum Gasteiger partial charge on any atom is 0.0224 e. The van der Waals surface area contributed by atoms with Gasteiger partial charge in [-0.3, -0.25) is 0 Å². The molecule has 3 rings (SSSR count). The molecular formula is C24H34N2. The van der Waals surface area contributed by atoms with Crippen LogP contribution in [0.4, 0.5) is 0 Å². The van der Waals surface area contributed by atoms with Crippen molar-refractivity contribution in [2.24, 2.45) is 0 Å². The molecule has 2 N–H and O–H groups in total. The molecule has 2 aromatic rings. The van der Waals surface area contributed by atoms with Crippen molar-refractivity contribution in [1.82, 2.24) is 10.6 Å². The number of benzene rings is 2. The Labute approximate surface area is 159 Å². The molecule has 1 saturated carbocycles. The largest absolute Gasteiger partial charge is 0.308 e. The van der Waals surface area contributed by atoms with Crippen molar-refractivity contribution in [1.29, 1.82) is 0 Å². The lowest BCUT2D eigenvalue weighted by molar-refractivity contribution is 0.281. The minimum atomic E-state index is 0.568. The fraction of sp³-hybridized carbons (Fsp3) is 0.500. The topological polar surface area (TPSA) is 24.1 Å². The minimum Gasteiger partial charge on any atom is -0.308 e. The molecule has 0 radical (unpaired) electrons. The van der Waals surface area contributed by atoms with Gasteiger partial charge in [-0.1, -0.05) is 80.8 Å². The Morgan fingerprint density at radius 2 is 1.46 bits per heavy atom. The van der Waals surface area contributed by atoms with Gasteiger partial charge in [0.1, 0.15) is 0 Å². The van der Waals surface area contributed by atoms with E-state index in [0.717, 1.165) is 13.1 Å². The Bertz CT molecular complexity index is 675. The van der Waals surface area contributed by atoms with E-state index in [1.807, 2.05) is 0 Å². The molecule has 0 heterocycles. The molecule has 0 aromatic heterocycles. The molecule has 2 heteroatoms. The van der Waals surface area contributed by atoms with Crippen LogP contribution in [-0.4, -0.2) is 12.1 Å².